The average Bonchev–Trinajstić information content (AvgIpc) is 3.40. The van der Waals surface area contributed by atoms with Crippen LogP contribution in [0.5, 0.6) is 0 Å². The van der Waals surface area contributed by atoms with E-state index in [-0.39, 0.29) is 64.3 Å². The van der Waals surface area contributed by atoms with Crippen LogP contribution in [0.1, 0.15) is 106 Å². The van der Waals surface area contributed by atoms with E-state index in [1.807, 2.05) is 12.1 Å². The van der Waals surface area contributed by atoms with Crippen molar-refractivity contribution in [1.82, 2.24) is 9.80 Å². The first kappa shape index (κ1) is 30.7. The number of benzene rings is 2. The number of carbonyl (C=O) groups excluding carboxylic acids is 4. The molecule has 4 atom stereocenters. The van der Waals surface area contributed by atoms with Crippen LogP contribution in [0, 0.1) is 40.9 Å². The van der Waals surface area contributed by atoms with Crippen molar-refractivity contribution < 1.29 is 27.6 Å². The van der Waals surface area contributed by atoms with Crippen molar-refractivity contribution in [3.05, 3.63) is 70.8 Å². The number of amides is 4. The maximum atomic E-state index is 12.9. The first-order chi connectivity index (χ1) is 22.8. The van der Waals surface area contributed by atoms with Crippen LogP contribution in [-0.4, -0.2) is 71.5 Å². The molecule has 2 heterocycles. The van der Waals surface area contributed by atoms with E-state index in [1.54, 1.807) is 41.3 Å². The number of carbonyl (C=O) groups is 4. The Morgan fingerprint density at radius 2 is 0.958 bits per heavy atom. The van der Waals surface area contributed by atoms with Gasteiger partial charge in [0.05, 0.1) is 28.0 Å². The summed E-state index contributed by atoms with van der Waals surface area (Å²) in [5.74, 6) is 2.26. The van der Waals surface area contributed by atoms with E-state index < -0.39 is 9.84 Å². The molecule has 0 aromatic heterocycles. The smallest absolute Gasteiger partial charge is 0.261 e. The summed E-state index contributed by atoms with van der Waals surface area (Å²) in [6, 6.07) is 14.3. The van der Waals surface area contributed by atoms with Crippen molar-refractivity contribution in [2.24, 2.45) is 46.7 Å². The van der Waals surface area contributed by atoms with Gasteiger partial charge in [-0.25, -0.2) is 8.42 Å². The molecule has 0 spiro atoms. The number of nitrogens with two attached hydrogens (primary N) is 1. The van der Waals surface area contributed by atoms with E-state index in [2.05, 4.69) is 0 Å². The molecule has 8 aliphatic carbocycles. The molecule has 4 amide bonds. The lowest BCUT2D eigenvalue weighted by atomic mass is 9.48. The van der Waals surface area contributed by atoms with Crippen LogP contribution in [0.2, 0.25) is 0 Å². The zero-order chi connectivity index (χ0) is 33.3. The van der Waals surface area contributed by atoms with Gasteiger partial charge in [0.1, 0.15) is 9.84 Å². The highest BCUT2D eigenvalue weighted by Crippen LogP contribution is 2.62. The Kier molecular flexibility index (Phi) is 6.60. The minimum Gasteiger partial charge on any atom is -0.325 e. The first-order valence-electron chi connectivity index (χ1n) is 17.7. The number of fused-ring (bicyclic) bond motifs is 2. The minimum atomic E-state index is -3.04. The van der Waals surface area contributed by atoms with Gasteiger partial charge in [0.15, 0.2) is 0 Å². The molecule has 12 rings (SSSR count). The number of hydrogen-bond donors (Lipinski definition) is 1. The molecular formula is C38H43N3O6S. The van der Waals surface area contributed by atoms with Crippen LogP contribution in [-0.2, 0) is 9.84 Å². The van der Waals surface area contributed by atoms with Crippen LogP contribution in [0.15, 0.2) is 48.5 Å². The van der Waals surface area contributed by atoms with Gasteiger partial charge in [-0.15, -0.1) is 0 Å². The van der Waals surface area contributed by atoms with Gasteiger partial charge in [-0.1, -0.05) is 24.3 Å². The van der Waals surface area contributed by atoms with Crippen LogP contribution in [0.25, 0.3) is 0 Å². The maximum Gasteiger partial charge on any atom is 0.261 e. The Balaban J connectivity index is 0.000000132. The van der Waals surface area contributed by atoms with Crippen molar-refractivity contribution in [2.45, 2.75) is 81.8 Å². The summed E-state index contributed by atoms with van der Waals surface area (Å²) < 4.78 is 24.0. The third-order valence-electron chi connectivity index (χ3n) is 13.4. The van der Waals surface area contributed by atoms with E-state index in [9.17, 15) is 27.6 Å². The highest BCUT2D eigenvalue weighted by atomic mass is 32.2. The summed E-state index contributed by atoms with van der Waals surface area (Å²) in [5.41, 5.74) is 8.54. The lowest BCUT2D eigenvalue weighted by Gasteiger charge is -2.61. The van der Waals surface area contributed by atoms with Crippen molar-refractivity contribution in [3.63, 3.8) is 0 Å². The normalized spacial score (nSPS) is 40.0. The Hall–Kier alpha value is -3.37. The molecule has 2 aromatic carbocycles. The standard InChI is InChI=1S/C20H23NO4S.C18H20N2O2/c1-26(24,25)11-20-8-12-6-13(9-20)17(14(7-12)10-20)21-18(22)15-4-2-3-5-16(15)19(21)23;19-18-7-10-5-11(8-18)15(12(6-10)9-18)20-16(21)13-3-1-2-4-14(13)17(20)22/h2-5,12-14,17H,6-11H2,1H3;1-4,10-12,15H,5-9,19H2. The molecular weight excluding hydrogens is 627 g/mol. The second kappa shape index (κ2) is 10.3. The molecule has 48 heavy (non-hydrogen) atoms. The number of imide groups is 2. The zero-order valence-electron chi connectivity index (χ0n) is 27.3. The largest absolute Gasteiger partial charge is 0.325 e. The van der Waals surface area contributed by atoms with Gasteiger partial charge in [0.25, 0.3) is 23.6 Å². The fourth-order valence-corrected chi connectivity index (χ4v) is 14.2. The molecule has 2 aliphatic heterocycles. The number of nitrogens with zero attached hydrogens (tertiary/aromatic N) is 2. The maximum absolute atomic E-state index is 12.9. The third kappa shape index (κ3) is 4.61. The molecule has 0 radical (unpaired) electrons. The molecule has 8 saturated carbocycles. The molecule has 8 bridgehead atoms. The SMILES string of the molecule is CS(=O)(=O)CC12CC3CC(C1)C(N1C(=O)c4ccccc4C1=O)C(C3)C2.NC12CC3CC(C1)C(N1C(=O)c4ccccc4C1=O)C(C3)C2. The summed E-state index contributed by atoms with van der Waals surface area (Å²) in [6.45, 7) is 0. The van der Waals surface area contributed by atoms with E-state index >= 15 is 0 Å². The predicted octanol–water partition coefficient (Wildman–Crippen LogP) is 4.71. The fourth-order valence-electron chi connectivity index (χ4n) is 12.8. The molecule has 10 aliphatic rings. The number of rotatable bonds is 4. The molecule has 2 aromatic rings. The van der Waals surface area contributed by atoms with Crippen molar-refractivity contribution in [3.8, 4) is 0 Å². The first-order valence-corrected chi connectivity index (χ1v) is 19.8. The topological polar surface area (TPSA) is 135 Å². The average molecular weight is 670 g/mol. The molecule has 4 unspecified atom stereocenters. The molecule has 2 N–H and O–H groups in total. The molecule has 0 saturated heterocycles. The van der Waals surface area contributed by atoms with Gasteiger partial charge in [-0.05, 0) is 129 Å². The molecule has 8 fully saturated rings. The van der Waals surface area contributed by atoms with Gasteiger partial charge in [0.2, 0.25) is 0 Å². The van der Waals surface area contributed by atoms with Crippen LogP contribution in [0.4, 0.5) is 0 Å². The van der Waals surface area contributed by atoms with Gasteiger partial charge < -0.3 is 5.73 Å². The predicted molar refractivity (Wildman–Crippen MR) is 178 cm³/mol. The fraction of sp³-hybridized carbons (Fsp3) is 0.579. The zero-order valence-corrected chi connectivity index (χ0v) is 28.2. The Morgan fingerprint density at radius 1 is 0.604 bits per heavy atom. The highest BCUT2D eigenvalue weighted by Gasteiger charge is 2.60. The summed E-state index contributed by atoms with van der Waals surface area (Å²) >= 11 is 0. The molecule has 10 heteroatoms. The van der Waals surface area contributed by atoms with Gasteiger partial charge in [-0.2, -0.15) is 0 Å². The van der Waals surface area contributed by atoms with Crippen LogP contribution >= 0.6 is 0 Å². The second-order valence-corrected chi connectivity index (χ2v) is 19.0. The van der Waals surface area contributed by atoms with Gasteiger partial charge in [-0.3, -0.25) is 29.0 Å². The van der Waals surface area contributed by atoms with E-state index in [0.717, 1.165) is 64.2 Å². The van der Waals surface area contributed by atoms with Crippen molar-refractivity contribution >= 4 is 33.5 Å². The Bertz CT molecular complexity index is 1790. The second-order valence-electron chi connectivity index (χ2n) is 16.9. The monoisotopic (exact) mass is 669 g/mol. The summed E-state index contributed by atoms with van der Waals surface area (Å²) in [5, 5.41) is 0. The van der Waals surface area contributed by atoms with Gasteiger partial charge in [0, 0.05) is 23.9 Å². The minimum absolute atomic E-state index is 0.0360. The Morgan fingerprint density at radius 3 is 1.31 bits per heavy atom. The van der Waals surface area contributed by atoms with E-state index in [1.165, 1.54) is 11.2 Å². The van der Waals surface area contributed by atoms with E-state index in [0.29, 0.717) is 45.9 Å². The number of sulfone groups is 1. The lowest BCUT2D eigenvalue weighted by Crippen LogP contribution is -2.65. The van der Waals surface area contributed by atoms with Gasteiger partial charge >= 0.3 is 0 Å². The number of hydrogen-bond acceptors (Lipinski definition) is 7. The molecule has 252 valence electrons. The summed E-state index contributed by atoms with van der Waals surface area (Å²) in [7, 11) is -3.04. The quantitative estimate of drug-likeness (QED) is 0.466. The van der Waals surface area contributed by atoms with Crippen molar-refractivity contribution in [1.29, 1.82) is 0 Å². The summed E-state index contributed by atoms with van der Waals surface area (Å²) in [4.78, 5) is 54.6. The third-order valence-corrected chi connectivity index (χ3v) is 14.6. The molecule has 9 nitrogen and oxygen atoms in total. The highest BCUT2D eigenvalue weighted by molar-refractivity contribution is 7.90. The van der Waals surface area contributed by atoms with Crippen LogP contribution < -0.4 is 5.73 Å². The summed E-state index contributed by atoms with van der Waals surface area (Å²) in [6.07, 6.45) is 11.3. The Labute approximate surface area is 281 Å². The van der Waals surface area contributed by atoms with Crippen LogP contribution in [0.3, 0.4) is 0 Å². The van der Waals surface area contributed by atoms with E-state index in [4.69, 9.17) is 5.73 Å². The lowest BCUT2D eigenvalue weighted by molar-refractivity contribution is -0.0865. The van der Waals surface area contributed by atoms with Crippen molar-refractivity contribution in [2.75, 3.05) is 12.0 Å².